The molecule has 156 valence electrons. The van der Waals surface area contributed by atoms with E-state index in [1.807, 2.05) is 54.6 Å². The normalized spacial score (nSPS) is 15.5. The maximum atomic E-state index is 13.2. The maximum Gasteiger partial charge on any atom is 0.272 e. The SMILES string of the molecule is CN1C(=O)C(NC(=S)NCc2cccnc2)N=C(c2ccccc2)c2cc(Cl)ccc21. The fourth-order valence-corrected chi connectivity index (χ4v) is 3.68. The number of amides is 1. The number of thiocarbonyl (C=S) groups is 1. The van der Waals surface area contributed by atoms with Gasteiger partial charge in [-0.3, -0.25) is 9.78 Å². The van der Waals surface area contributed by atoms with Gasteiger partial charge in [0, 0.05) is 42.1 Å². The highest BCUT2D eigenvalue weighted by atomic mass is 35.5. The van der Waals surface area contributed by atoms with Crippen LogP contribution in [0.2, 0.25) is 5.02 Å². The van der Waals surface area contributed by atoms with Gasteiger partial charge in [-0.05, 0) is 42.0 Å². The van der Waals surface area contributed by atoms with Gasteiger partial charge in [0.15, 0.2) is 5.11 Å². The number of fused-ring (bicyclic) bond motifs is 1. The highest BCUT2D eigenvalue weighted by Crippen LogP contribution is 2.29. The first-order valence-electron chi connectivity index (χ1n) is 9.67. The number of benzodiazepines with no additional fused rings is 1. The third kappa shape index (κ3) is 4.73. The average molecular weight is 450 g/mol. The van der Waals surface area contributed by atoms with E-state index in [2.05, 4.69) is 15.6 Å². The third-order valence-corrected chi connectivity index (χ3v) is 5.39. The van der Waals surface area contributed by atoms with Crippen LogP contribution < -0.4 is 15.5 Å². The monoisotopic (exact) mass is 449 g/mol. The molecule has 8 heteroatoms. The van der Waals surface area contributed by atoms with E-state index in [0.717, 1.165) is 22.4 Å². The number of aliphatic imine (C=N–C) groups is 1. The minimum Gasteiger partial charge on any atom is -0.359 e. The van der Waals surface area contributed by atoms with Crippen molar-refractivity contribution in [2.45, 2.75) is 12.7 Å². The molecule has 2 heterocycles. The Morgan fingerprint density at radius 2 is 1.97 bits per heavy atom. The molecule has 1 atom stereocenters. The number of aromatic nitrogens is 1. The van der Waals surface area contributed by atoms with E-state index in [0.29, 0.717) is 22.4 Å². The molecule has 4 rings (SSSR count). The Kier molecular flexibility index (Phi) is 6.25. The van der Waals surface area contributed by atoms with Crippen LogP contribution in [-0.2, 0) is 11.3 Å². The summed E-state index contributed by atoms with van der Waals surface area (Å²) in [6.07, 6.45) is 2.58. The van der Waals surface area contributed by atoms with E-state index in [1.165, 1.54) is 0 Å². The van der Waals surface area contributed by atoms with Gasteiger partial charge in [-0.2, -0.15) is 0 Å². The topological polar surface area (TPSA) is 69.6 Å². The lowest BCUT2D eigenvalue weighted by molar-refractivity contribution is -0.119. The van der Waals surface area contributed by atoms with E-state index >= 15 is 0 Å². The van der Waals surface area contributed by atoms with Gasteiger partial charge < -0.3 is 15.5 Å². The molecule has 0 fully saturated rings. The van der Waals surface area contributed by atoms with Gasteiger partial charge >= 0.3 is 0 Å². The van der Waals surface area contributed by atoms with Crippen LogP contribution in [0.5, 0.6) is 0 Å². The number of hydrogen-bond acceptors (Lipinski definition) is 4. The van der Waals surface area contributed by atoms with Crippen molar-refractivity contribution in [3.05, 3.63) is 94.8 Å². The minimum absolute atomic E-state index is 0.222. The number of carbonyl (C=O) groups is 1. The largest absolute Gasteiger partial charge is 0.359 e. The summed E-state index contributed by atoms with van der Waals surface area (Å²) in [5.74, 6) is -0.222. The number of likely N-dealkylation sites (N-methyl/N-ethyl adjacent to an activating group) is 1. The maximum absolute atomic E-state index is 13.2. The molecular weight excluding hydrogens is 430 g/mol. The molecule has 3 aromatic rings. The first-order valence-corrected chi connectivity index (χ1v) is 10.5. The standard InChI is InChI=1S/C23H20ClN5OS/c1-29-19-10-9-17(24)12-18(19)20(16-7-3-2-4-8-16)27-21(22(29)30)28-23(31)26-14-15-6-5-11-25-13-15/h2-13,21H,14H2,1H3,(H2,26,28,31). The Balaban J connectivity index is 1.65. The Morgan fingerprint density at radius 1 is 1.16 bits per heavy atom. The van der Waals surface area contributed by atoms with Crippen LogP contribution in [0, 0.1) is 0 Å². The van der Waals surface area contributed by atoms with Crippen molar-refractivity contribution in [3.63, 3.8) is 0 Å². The number of anilines is 1. The number of halogens is 1. The fraction of sp³-hybridized carbons (Fsp3) is 0.130. The van der Waals surface area contributed by atoms with Crippen LogP contribution in [0.4, 0.5) is 5.69 Å². The number of carbonyl (C=O) groups excluding carboxylic acids is 1. The Bertz CT molecular complexity index is 1140. The van der Waals surface area contributed by atoms with E-state index in [1.54, 1.807) is 30.4 Å². The van der Waals surface area contributed by atoms with Crippen molar-refractivity contribution in [1.82, 2.24) is 15.6 Å². The van der Waals surface area contributed by atoms with Crippen LogP contribution in [0.3, 0.4) is 0 Å². The molecule has 1 aliphatic heterocycles. The second-order valence-corrected chi connectivity index (χ2v) is 7.84. The highest BCUT2D eigenvalue weighted by molar-refractivity contribution is 7.80. The van der Waals surface area contributed by atoms with Crippen molar-refractivity contribution < 1.29 is 4.79 Å². The van der Waals surface area contributed by atoms with Crippen LogP contribution >= 0.6 is 23.8 Å². The van der Waals surface area contributed by atoms with Crippen molar-refractivity contribution in [3.8, 4) is 0 Å². The number of hydrogen-bond donors (Lipinski definition) is 2. The summed E-state index contributed by atoms with van der Waals surface area (Å²) in [5, 5.41) is 7.05. The van der Waals surface area contributed by atoms with Gasteiger partial charge in [-0.25, -0.2) is 4.99 Å². The summed E-state index contributed by atoms with van der Waals surface area (Å²) in [6.45, 7) is 0.488. The van der Waals surface area contributed by atoms with Crippen LogP contribution in [0.15, 0.2) is 78.0 Å². The molecule has 0 saturated carbocycles. The molecule has 2 N–H and O–H groups in total. The zero-order valence-corrected chi connectivity index (χ0v) is 18.3. The summed E-state index contributed by atoms with van der Waals surface area (Å²) >= 11 is 11.7. The zero-order chi connectivity index (χ0) is 21.8. The molecule has 2 aromatic carbocycles. The second-order valence-electron chi connectivity index (χ2n) is 6.99. The molecule has 6 nitrogen and oxygen atoms in total. The number of benzene rings is 2. The summed E-state index contributed by atoms with van der Waals surface area (Å²) in [7, 11) is 1.72. The predicted molar refractivity (Wildman–Crippen MR) is 128 cm³/mol. The van der Waals surface area contributed by atoms with E-state index < -0.39 is 6.17 Å². The third-order valence-electron chi connectivity index (χ3n) is 4.89. The van der Waals surface area contributed by atoms with E-state index in [-0.39, 0.29) is 5.91 Å². The van der Waals surface area contributed by atoms with Crippen molar-refractivity contribution in [2.75, 3.05) is 11.9 Å². The summed E-state index contributed by atoms with van der Waals surface area (Å²) in [6, 6.07) is 18.9. The number of rotatable bonds is 4. The Hall–Kier alpha value is -3.29. The van der Waals surface area contributed by atoms with E-state index in [9.17, 15) is 4.79 Å². The Labute approximate surface area is 191 Å². The molecule has 0 radical (unpaired) electrons. The molecule has 0 aliphatic carbocycles. The summed E-state index contributed by atoms with van der Waals surface area (Å²) in [5.41, 5.74) is 4.05. The molecule has 0 bridgehead atoms. The average Bonchev–Trinajstić information content (AvgIpc) is 2.89. The molecule has 1 unspecified atom stereocenters. The van der Waals surface area contributed by atoms with Gasteiger partial charge in [0.05, 0.1) is 11.4 Å². The number of nitrogens with zero attached hydrogens (tertiary/aromatic N) is 3. The van der Waals surface area contributed by atoms with Gasteiger partial charge in [0.25, 0.3) is 5.91 Å². The highest BCUT2D eigenvalue weighted by Gasteiger charge is 2.30. The van der Waals surface area contributed by atoms with Gasteiger partial charge in [-0.1, -0.05) is 48.0 Å². The lowest BCUT2D eigenvalue weighted by Gasteiger charge is -2.22. The molecule has 0 spiro atoms. The fourth-order valence-electron chi connectivity index (χ4n) is 3.33. The molecule has 0 saturated heterocycles. The molecular formula is C23H20ClN5OS. The number of pyridine rings is 1. The van der Waals surface area contributed by atoms with E-state index in [4.69, 9.17) is 28.8 Å². The van der Waals surface area contributed by atoms with Gasteiger partial charge in [-0.15, -0.1) is 0 Å². The lowest BCUT2D eigenvalue weighted by atomic mass is 10.0. The predicted octanol–water partition coefficient (Wildman–Crippen LogP) is 3.54. The van der Waals surface area contributed by atoms with Gasteiger partial charge in [0.2, 0.25) is 6.17 Å². The lowest BCUT2D eigenvalue weighted by Crippen LogP contribution is -2.49. The van der Waals surface area contributed by atoms with Crippen LogP contribution in [-0.4, -0.2) is 34.9 Å². The smallest absolute Gasteiger partial charge is 0.272 e. The van der Waals surface area contributed by atoms with Crippen molar-refractivity contribution in [2.24, 2.45) is 4.99 Å². The summed E-state index contributed by atoms with van der Waals surface area (Å²) < 4.78 is 0. The first-order chi connectivity index (χ1) is 15.0. The second kappa shape index (κ2) is 9.24. The quantitative estimate of drug-likeness (QED) is 0.596. The van der Waals surface area contributed by atoms with Gasteiger partial charge in [0.1, 0.15) is 0 Å². The van der Waals surface area contributed by atoms with Crippen molar-refractivity contribution >= 4 is 46.2 Å². The first kappa shape index (κ1) is 21.0. The van der Waals surface area contributed by atoms with Crippen molar-refractivity contribution in [1.29, 1.82) is 0 Å². The molecule has 1 amide bonds. The zero-order valence-electron chi connectivity index (χ0n) is 16.7. The Morgan fingerprint density at radius 3 is 2.71 bits per heavy atom. The molecule has 1 aromatic heterocycles. The minimum atomic E-state index is -0.889. The molecule has 1 aliphatic rings. The van der Waals surface area contributed by atoms with Crippen LogP contribution in [0.25, 0.3) is 0 Å². The number of nitrogens with one attached hydrogen (secondary N) is 2. The molecule has 31 heavy (non-hydrogen) atoms. The van der Waals surface area contributed by atoms with Crippen LogP contribution in [0.1, 0.15) is 16.7 Å². The summed E-state index contributed by atoms with van der Waals surface area (Å²) in [4.78, 5) is 23.6.